The van der Waals surface area contributed by atoms with Gasteiger partial charge in [0.1, 0.15) is 5.75 Å². The minimum Gasteiger partial charge on any atom is -0.492 e. The lowest BCUT2D eigenvalue weighted by Crippen LogP contribution is -2.39. The van der Waals surface area contributed by atoms with E-state index in [0.717, 1.165) is 4.57 Å². The van der Waals surface area contributed by atoms with Gasteiger partial charge in [0.25, 0.3) is 10.0 Å². The van der Waals surface area contributed by atoms with Crippen molar-refractivity contribution in [2.24, 2.45) is 14.1 Å². The van der Waals surface area contributed by atoms with Crippen molar-refractivity contribution in [3.63, 3.8) is 0 Å². The molecule has 0 amide bonds. The summed E-state index contributed by atoms with van der Waals surface area (Å²) in [5.74, 6) is 0.416. The van der Waals surface area contributed by atoms with Crippen molar-refractivity contribution in [1.29, 1.82) is 0 Å². The van der Waals surface area contributed by atoms with Gasteiger partial charge < -0.3 is 13.9 Å². The Morgan fingerprint density at radius 2 is 1.59 bits per heavy atom. The highest BCUT2D eigenvalue weighted by Gasteiger charge is 2.19. The van der Waals surface area contributed by atoms with Crippen molar-refractivity contribution in [1.82, 2.24) is 9.13 Å². The number of benzene rings is 2. The van der Waals surface area contributed by atoms with Crippen LogP contribution >= 0.6 is 0 Å². The molecule has 2 aromatic carbocycles. The van der Waals surface area contributed by atoms with Gasteiger partial charge in [-0.2, -0.15) is 0 Å². The number of hydrogen-bond donors (Lipinski definition) is 1. The van der Waals surface area contributed by atoms with E-state index in [9.17, 15) is 18.0 Å². The van der Waals surface area contributed by atoms with Crippen LogP contribution in [0.3, 0.4) is 0 Å². The maximum absolute atomic E-state index is 12.8. The van der Waals surface area contributed by atoms with Crippen LogP contribution in [0.4, 0.5) is 5.69 Å². The lowest BCUT2D eigenvalue weighted by Gasteiger charge is -2.14. The molecule has 9 heteroatoms. The lowest BCUT2D eigenvalue weighted by molar-refractivity contribution is 0.342. The molecule has 142 valence electrons. The molecule has 0 aliphatic carbocycles. The van der Waals surface area contributed by atoms with Gasteiger partial charge in [0.2, 0.25) is 0 Å². The van der Waals surface area contributed by atoms with E-state index >= 15 is 0 Å². The smallest absolute Gasteiger partial charge is 0.316 e. The van der Waals surface area contributed by atoms with Crippen LogP contribution in [0, 0.1) is 0 Å². The number of rotatable bonds is 5. The minimum absolute atomic E-state index is 0.0325. The molecule has 27 heavy (non-hydrogen) atoms. The van der Waals surface area contributed by atoms with Crippen LogP contribution in [0.15, 0.2) is 56.9 Å². The second kappa shape index (κ2) is 6.92. The van der Waals surface area contributed by atoms with E-state index in [1.54, 1.807) is 31.2 Å². The summed E-state index contributed by atoms with van der Waals surface area (Å²) in [6.07, 6.45) is 0. The monoisotopic (exact) mass is 389 g/mol. The van der Waals surface area contributed by atoms with Crippen LogP contribution in [0.5, 0.6) is 5.75 Å². The van der Waals surface area contributed by atoms with Gasteiger partial charge in [-0.05, 0) is 37.3 Å². The zero-order chi connectivity index (χ0) is 19.8. The fourth-order valence-corrected chi connectivity index (χ4v) is 3.85. The Hall–Kier alpha value is -3.07. The summed E-state index contributed by atoms with van der Waals surface area (Å²) in [7, 11) is -1.03. The number of sulfonamides is 1. The Bertz CT molecular complexity index is 1240. The molecule has 0 atom stereocenters. The number of fused-ring (bicyclic) bond motifs is 1. The molecule has 0 saturated carbocycles. The molecule has 1 N–H and O–H groups in total. The van der Waals surface area contributed by atoms with E-state index in [1.807, 2.05) is 0 Å². The predicted octanol–water partition coefficient (Wildman–Crippen LogP) is 1.44. The van der Waals surface area contributed by atoms with Crippen LogP contribution < -0.4 is 20.6 Å². The van der Waals surface area contributed by atoms with E-state index in [2.05, 4.69) is 4.72 Å². The Morgan fingerprint density at radius 3 is 2.26 bits per heavy atom. The zero-order valence-electron chi connectivity index (χ0n) is 15.1. The maximum atomic E-state index is 12.8. The first-order chi connectivity index (χ1) is 12.8. The number of ether oxygens (including phenoxy) is 1. The summed E-state index contributed by atoms with van der Waals surface area (Å²) in [6, 6.07) is 11.0. The van der Waals surface area contributed by atoms with E-state index in [0.29, 0.717) is 29.1 Å². The van der Waals surface area contributed by atoms with Gasteiger partial charge in [-0.1, -0.05) is 12.1 Å². The highest BCUT2D eigenvalue weighted by molar-refractivity contribution is 7.92. The number of aryl methyl sites for hydroxylation is 2. The Morgan fingerprint density at radius 1 is 0.963 bits per heavy atom. The van der Waals surface area contributed by atoms with Crippen molar-refractivity contribution in [2.45, 2.75) is 11.8 Å². The first kappa shape index (κ1) is 18.7. The van der Waals surface area contributed by atoms with Crippen molar-refractivity contribution >= 4 is 26.7 Å². The maximum Gasteiger partial charge on any atom is 0.316 e. The fourth-order valence-electron chi connectivity index (χ4n) is 2.76. The SMILES string of the molecule is CCOc1ccccc1NS(=O)(=O)c1ccc2c(c1)n(C)c(=O)c(=O)n2C. The highest BCUT2D eigenvalue weighted by atomic mass is 32.2. The molecule has 0 radical (unpaired) electrons. The number of nitrogens with one attached hydrogen (secondary N) is 1. The van der Waals surface area contributed by atoms with Gasteiger partial charge in [0, 0.05) is 14.1 Å². The third-order valence-corrected chi connectivity index (χ3v) is 5.57. The summed E-state index contributed by atoms with van der Waals surface area (Å²) in [5, 5.41) is 0. The molecule has 3 rings (SSSR count). The second-order valence-electron chi connectivity index (χ2n) is 5.91. The average molecular weight is 389 g/mol. The third kappa shape index (κ3) is 3.33. The molecule has 1 aromatic heterocycles. The largest absolute Gasteiger partial charge is 0.492 e. The molecule has 0 saturated heterocycles. The van der Waals surface area contributed by atoms with Crippen LogP contribution in [0.2, 0.25) is 0 Å². The second-order valence-corrected chi connectivity index (χ2v) is 7.60. The molecular formula is C18H19N3O5S. The van der Waals surface area contributed by atoms with Gasteiger partial charge in [0.05, 0.1) is 28.2 Å². The Labute approximate surface area is 155 Å². The molecule has 1 heterocycles. The van der Waals surface area contributed by atoms with E-state index in [-0.39, 0.29) is 4.90 Å². The van der Waals surface area contributed by atoms with Gasteiger partial charge in [-0.3, -0.25) is 14.3 Å². The summed E-state index contributed by atoms with van der Waals surface area (Å²) >= 11 is 0. The van der Waals surface area contributed by atoms with Gasteiger partial charge in [0.15, 0.2) is 0 Å². The quantitative estimate of drug-likeness (QED) is 0.666. The molecule has 8 nitrogen and oxygen atoms in total. The lowest BCUT2D eigenvalue weighted by atomic mass is 10.3. The summed E-state index contributed by atoms with van der Waals surface area (Å²) in [5.41, 5.74) is -0.300. The van der Waals surface area contributed by atoms with Crippen molar-refractivity contribution < 1.29 is 13.2 Å². The molecule has 0 spiro atoms. The standard InChI is InChI=1S/C18H19N3O5S/c1-4-26-16-8-6-5-7-13(16)19-27(24,25)12-9-10-14-15(11-12)21(3)18(23)17(22)20(14)2/h5-11,19H,4H2,1-3H3. The first-order valence-corrected chi connectivity index (χ1v) is 9.69. The van der Waals surface area contributed by atoms with Crippen LogP contribution in [0.25, 0.3) is 11.0 Å². The number of para-hydroxylation sites is 2. The molecule has 0 aliphatic rings. The zero-order valence-corrected chi connectivity index (χ0v) is 15.9. The normalized spacial score (nSPS) is 11.5. The van der Waals surface area contributed by atoms with Crippen molar-refractivity contribution in [2.75, 3.05) is 11.3 Å². The Kier molecular flexibility index (Phi) is 4.79. The van der Waals surface area contributed by atoms with E-state index in [4.69, 9.17) is 4.74 Å². The average Bonchev–Trinajstić information content (AvgIpc) is 2.65. The number of anilines is 1. The molecular weight excluding hydrogens is 370 g/mol. The topological polar surface area (TPSA) is 99.4 Å². The first-order valence-electron chi connectivity index (χ1n) is 8.20. The molecule has 0 fully saturated rings. The molecule has 0 bridgehead atoms. The van der Waals surface area contributed by atoms with Crippen LogP contribution in [-0.4, -0.2) is 24.2 Å². The van der Waals surface area contributed by atoms with Gasteiger partial charge in [-0.25, -0.2) is 8.42 Å². The summed E-state index contributed by atoms with van der Waals surface area (Å²) < 4.78 is 35.9. The van der Waals surface area contributed by atoms with Crippen LogP contribution in [0.1, 0.15) is 6.92 Å². The number of hydrogen-bond acceptors (Lipinski definition) is 5. The summed E-state index contributed by atoms with van der Waals surface area (Å²) in [4.78, 5) is 23.9. The van der Waals surface area contributed by atoms with Gasteiger partial charge >= 0.3 is 11.1 Å². The molecule has 0 unspecified atom stereocenters. The Balaban J connectivity index is 2.12. The number of nitrogens with zero attached hydrogens (tertiary/aromatic N) is 2. The van der Waals surface area contributed by atoms with Crippen molar-refractivity contribution in [3.05, 3.63) is 63.2 Å². The molecule has 0 aliphatic heterocycles. The third-order valence-electron chi connectivity index (χ3n) is 4.20. The number of aromatic nitrogens is 2. The van der Waals surface area contributed by atoms with E-state index < -0.39 is 21.1 Å². The molecule has 3 aromatic rings. The fraction of sp³-hybridized carbons (Fsp3) is 0.222. The van der Waals surface area contributed by atoms with Crippen LogP contribution in [-0.2, 0) is 24.1 Å². The summed E-state index contributed by atoms with van der Waals surface area (Å²) in [6.45, 7) is 2.20. The van der Waals surface area contributed by atoms with Crippen molar-refractivity contribution in [3.8, 4) is 5.75 Å². The predicted molar refractivity (Wildman–Crippen MR) is 103 cm³/mol. The minimum atomic E-state index is -3.93. The highest BCUT2D eigenvalue weighted by Crippen LogP contribution is 2.27. The van der Waals surface area contributed by atoms with Gasteiger partial charge in [-0.15, -0.1) is 0 Å². The van der Waals surface area contributed by atoms with E-state index in [1.165, 1.54) is 36.9 Å².